The normalized spacial score (nSPS) is 22.1. The number of carbonyl (C=O) groups excluding carboxylic acids is 1. The lowest BCUT2D eigenvalue weighted by Gasteiger charge is -2.29. The highest BCUT2D eigenvalue weighted by molar-refractivity contribution is 5.85. The van der Waals surface area contributed by atoms with Crippen LogP contribution in [0.1, 0.15) is 30.9 Å². The molecule has 7 nitrogen and oxygen atoms in total. The monoisotopic (exact) mass is 388 g/mol. The molecule has 1 fully saturated rings. The molecule has 3 rings (SSSR count). The molecule has 1 amide bonds. The number of benzene rings is 1. The first-order chi connectivity index (χ1) is 13.7. The van der Waals surface area contributed by atoms with Crippen molar-refractivity contribution in [3.05, 3.63) is 35.4 Å². The molecule has 2 aliphatic rings. The number of aliphatic hydroxyl groups excluding tert-OH is 1. The Labute approximate surface area is 167 Å². The van der Waals surface area contributed by atoms with Crippen LogP contribution in [0.15, 0.2) is 29.3 Å². The summed E-state index contributed by atoms with van der Waals surface area (Å²) in [5, 5.41) is 15.9. The van der Waals surface area contributed by atoms with E-state index in [1.807, 2.05) is 24.0 Å². The minimum Gasteiger partial charge on any atom is -0.396 e. The number of fused-ring (bicyclic) bond motifs is 1. The Morgan fingerprint density at radius 3 is 2.86 bits per heavy atom. The van der Waals surface area contributed by atoms with E-state index in [1.54, 1.807) is 0 Å². The molecule has 0 aliphatic carbocycles. The summed E-state index contributed by atoms with van der Waals surface area (Å²) in [7, 11) is 0. The lowest BCUT2D eigenvalue weighted by molar-refractivity contribution is -0.130. The second-order valence-corrected chi connectivity index (χ2v) is 7.66. The van der Waals surface area contributed by atoms with E-state index in [2.05, 4.69) is 27.8 Å². The van der Waals surface area contributed by atoms with Crippen LogP contribution in [0.4, 0.5) is 0 Å². The van der Waals surface area contributed by atoms with Crippen LogP contribution in [-0.2, 0) is 22.5 Å². The predicted octanol–water partition coefficient (Wildman–Crippen LogP) is 0.916. The standard InChI is InChI=1S/C21H32N4O3/c1-2-22-20(24-15-21(8-11-26)9-12-28-16-21)23-13-19(27)25-10-7-17-5-3-4-6-18(17)14-25/h3-6,26H,2,7-16H2,1H3,(H2,22,23,24). The van der Waals surface area contributed by atoms with Gasteiger partial charge in [0.1, 0.15) is 6.54 Å². The van der Waals surface area contributed by atoms with Crippen LogP contribution in [0.5, 0.6) is 0 Å². The number of amides is 1. The predicted molar refractivity (Wildman–Crippen MR) is 109 cm³/mol. The summed E-state index contributed by atoms with van der Waals surface area (Å²) in [4.78, 5) is 19.0. The van der Waals surface area contributed by atoms with E-state index in [4.69, 9.17) is 4.74 Å². The van der Waals surface area contributed by atoms with E-state index < -0.39 is 0 Å². The average Bonchev–Trinajstić information content (AvgIpc) is 3.18. The van der Waals surface area contributed by atoms with Crippen molar-refractivity contribution < 1.29 is 14.6 Å². The van der Waals surface area contributed by atoms with Gasteiger partial charge in [0.05, 0.1) is 6.61 Å². The van der Waals surface area contributed by atoms with Gasteiger partial charge in [0.2, 0.25) is 5.91 Å². The molecule has 0 saturated carbocycles. The van der Waals surface area contributed by atoms with Gasteiger partial charge < -0.3 is 25.4 Å². The molecule has 7 heteroatoms. The Balaban J connectivity index is 1.56. The summed E-state index contributed by atoms with van der Waals surface area (Å²) in [6.07, 6.45) is 2.52. The molecule has 3 N–H and O–H groups in total. The van der Waals surface area contributed by atoms with Crippen molar-refractivity contribution in [3.63, 3.8) is 0 Å². The van der Waals surface area contributed by atoms with Gasteiger partial charge in [-0.05, 0) is 37.3 Å². The second kappa shape index (κ2) is 9.89. The maximum atomic E-state index is 12.7. The molecule has 1 unspecified atom stereocenters. The topological polar surface area (TPSA) is 86.2 Å². The van der Waals surface area contributed by atoms with E-state index in [-0.39, 0.29) is 24.5 Å². The summed E-state index contributed by atoms with van der Waals surface area (Å²) >= 11 is 0. The van der Waals surface area contributed by atoms with Crippen LogP contribution >= 0.6 is 0 Å². The van der Waals surface area contributed by atoms with E-state index in [9.17, 15) is 9.90 Å². The van der Waals surface area contributed by atoms with Gasteiger partial charge in [0.25, 0.3) is 0 Å². The number of aliphatic imine (C=N–C) groups is 1. The van der Waals surface area contributed by atoms with Crippen molar-refractivity contribution in [1.82, 2.24) is 15.5 Å². The number of aliphatic hydroxyl groups is 1. The SMILES string of the molecule is CCNC(=NCC(=O)N1CCc2ccccc2C1)NCC1(CCO)CCOC1. The Bertz CT molecular complexity index is 686. The van der Waals surface area contributed by atoms with E-state index in [0.29, 0.717) is 32.1 Å². The highest BCUT2D eigenvalue weighted by atomic mass is 16.5. The largest absolute Gasteiger partial charge is 0.396 e. The molecule has 1 aromatic rings. The highest BCUT2D eigenvalue weighted by Crippen LogP contribution is 2.31. The molecular weight excluding hydrogens is 356 g/mol. The fourth-order valence-corrected chi connectivity index (χ4v) is 3.88. The summed E-state index contributed by atoms with van der Waals surface area (Å²) in [6, 6.07) is 8.30. The minimum absolute atomic E-state index is 0.0426. The maximum Gasteiger partial charge on any atom is 0.244 e. The smallest absolute Gasteiger partial charge is 0.244 e. The van der Waals surface area contributed by atoms with Crippen molar-refractivity contribution in [2.24, 2.45) is 10.4 Å². The Kier molecular flexibility index (Phi) is 7.28. The van der Waals surface area contributed by atoms with Crippen LogP contribution < -0.4 is 10.6 Å². The van der Waals surface area contributed by atoms with E-state index >= 15 is 0 Å². The zero-order valence-electron chi connectivity index (χ0n) is 16.7. The molecule has 0 spiro atoms. The van der Waals surface area contributed by atoms with Gasteiger partial charge in [0.15, 0.2) is 5.96 Å². The molecule has 0 radical (unpaired) electrons. The summed E-state index contributed by atoms with van der Waals surface area (Å²) < 4.78 is 5.54. The lowest BCUT2D eigenvalue weighted by Crippen LogP contribution is -2.45. The molecule has 2 heterocycles. The van der Waals surface area contributed by atoms with E-state index in [0.717, 1.165) is 32.5 Å². The highest BCUT2D eigenvalue weighted by Gasteiger charge is 2.34. The van der Waals surface area contributed by atoms with Crippen molar-refractivity contribution in [2.75, 3.05) is 46.0 Å². The van der Waals surface area contributed by atoms with Crippen LogP contribution in [-0.4, -0.2) is 67.9 Å². The van der Waals surface area contributed by atoms with Gasteiger partial charge >= 0.3 is 0 Å². The van der Waals surface area contributed by atoms with Crippen molar-refractivity contribution in [1.29, 1.82) is 0 Å². The molecule has 1 aromatic carbocycles. The molecule has 0 aromatic heterocycles. The number of hydrogen-bond donors (Lipinski definition) is 3. The number of hydrogen-bond acceptors (Lipinski definition) is 4. The molecular formula is C21H32N4O3. The first-order valence-electron chi connectivity index (χ1n) is 10.2. The summed E-state index contributed by atoms with van der Waals surface area (Å²) in [5.41, 5.74) is 2.49. The molecule has 1 saturated heterocycles. The van der Waals surface area contributed by atoms with Crippen molar-refractivity contribution >= 4 is 11.9 Å². The lowest BCUT2D eigenvalue weighted by atomic mass is 9.84. The third-order valence-corrected chi connectivity index (χ3v) is 5.66. The number of carbonyl (C=O) groups is 1. The summed E-state index contributed by atoms with van der Waals surface area (Å²) in [6.45, 7) is 6.44. The Morgan fingerprint density at radius 2 is 2.14 bits per heavy atom. The Hall–Kier alpha value is -2.12. The number of rotatable bonds is 7. The maximum absolute atomic E-state index is 12.7. The zero-order chi connectivity index (χ0) is 19.8. The van der Waals surface area contributed by atoms with Crippen LogP contribution in [0.2, 0.25) is 0 Å². The van der Waals surface area contributed by atoms with E-state index in [1.165, 1.54) is 11.1 Å². The van der Waals surface area contributed by atoms with Gasteiger partial charge in [-0.25, -0.2) is 4.99 Å². The molecule has 2 aliphatic heterocycles. The first kappa shape index (κ1) is 20.6. The molecule has 154 valence electrons. The number of nitrogens with zero attached hydrogens (tertiary/aromatic N) is 2. The van der Waals surface area contributed by atoms with Crippen molar-refractivity contribution in [2.45, 2.75) is 32.7 Å². The third kappa shape index (κ3) is 5.23. The van der Waals surface area contributed by atoms with Crippen LogP contribution in [0.25, 0.3) is 0 Å². The molecule has 28 heavy (non-hydrogen) atoms. The fourth-order valence-electron chi connectivity index (χ4n) is 3.88. The minimum atomic E-state index is -0.0640. The third-order valence-electron chi connectivity index (χ3n) is 5.66. The van der Waals surface area contributed by atoms with Crippen LogP contribution in [0.3, 0.4) is 0 Å². The van der Waals surface area contributed by atoms with Crippen molar-refractivity contribution in [3.8, 4) is 0 Å². The van der Waals surface area contributed by atoms with Crippen LogP contribution in [0, 0.1) is 5.41 Å². The molecule has 0 bridgehead atoms. The first-order valence-corrected chi connectivity index (χ1v) is 10.2. The van der Waals surface area contributed by atoms with Gasteiger partial charge in [-0.3, -0.25) is 4.79 Å². The number of nitrogens with one attached hydrogen (secondary N) is 2. The number of ether oxygens (including phenoxy) is 1. The second-order valence-electron chi connectivity index (χ2n) is 7.66. The van der Waals surface area contributed by atoms with Gasteiger partial charge in [0, 0.05) is 44.8 Å². The summed E-state index contributed by atoms with van der Waals surface area (Å²) in [5.74, 6) is 0.679. The quantitative estimate of drug-likeness (QED) is 0.478. The zero-order valence-corrected chi connectivity index (χ0v) is 16.7. The van der Waals surface area contributed by atoms with Gasteiger partial charge in [-0.2, -0.15) is 0 Å². The van der Waals surface area contributed by atoms with Gasteiger partial charge in [-0.1, -0.05) is 24.3 Å². The number of guanidine groups is 1. The average molecular weight is 389 g/mol. The Morgan fingerprint density at radius 1 is 1.32 bits per heavy atom. The fraction of sp³-hybridized carbons (Fsp3) is 0.619. The molecule has 1 atom stereocenters. The van der Waals surface area contributed by atoms with Gasteiger partial charge in [-0.15, -0.1) is 0 Å².